The highest BCUT2D eigenvalue weighted by Gasteiger charge is 2.18. The number of nitrogen functional groups attached to an aromatic ring is 1. The first-order valence-electron chi connectivity index (χ1n) is 6.33. The summed E-state index contributed by atoms with van der Waals surface area (Å²) < 4.78 is 42.0. The van der Waals surface area contributed by atoms with E-state index in [1.807, 2.05) is 13.8 Å². The van der Waals surface area contributed by atoms with Crippen LogP contribution >= 0.6 is 0 Å². The van der Waals surface area contributed by atoms with Crippen molar-refractivity contribution in [2.24, 2.45) is 0 Å². The van der Waals surface area contributed by atoms with Crippen LogP contribution in [0.15, 0.2) is 29.4 Å². The van der Waals surface area contributed by atoms with Gasteiger partial charge < -0.3 is 5.73 Å². The fourth-order valence-corrected chi connectivity index (χ4v) is 2.95. The zero-order valence-corrected chi connectivity index (χ0v) is 12.8. The molecule has 2 rings (SSSR count). The van der Waals surface area contributed by atoms with Gasteiger partial charge in [-0.1, -0.05) is 0 Å². The van der Waals surface area contributed by atoms with Gasteiger partial charge in [0.1, 0.15) is 5.82 Å². The summed E-state index contributed by atoms with van der Waals surface area (Å²) in [5.74, 6) is -0.610. The van der Waals surface area contributed by atoms with E-state index in [1.54, 1.807) is 10.9 Å². The van der Waals surface area contributed by atoms with E-state index in [0.717, 1.165) is 6.07 Å². The third kappa shape index (κ3) is 3.15. The summed E-state index contributed by atoms with van der Waals surface area (Å²) in [4.78, 5) is -0.0869. The minimum atomic E-state index is -3.84. The summed E-state index contributed by atoms with van der Waals surface area (Å²) >= 11 is 0. The summed E-state index contributed by atoms with van der Waals surface area (Å²) in [7, 11) is -3.84. The van der Waals surface area contributed by atoms with Gasteiger partial charge in [-0.15, -0.1) is 0 Å². The first kappa shape index (κ1) is 15.3. The van der Waals surface area contributed by atoms with Crippen molar-refractivity contribution in [2.75, 3.05) is 10.5 Å². The quantitative estimate of drug-likeness (QED) is 0.848. The first-order valence-corrected chi connectivity index (χ1v) is 7.81. The van der Waals surface area contributed by atoms with Crippen LogP contribution < -0.4 is 10.5 Å². The Hall–Kier alpha value is -2.09. The van der Waals surface area contributed by atoms with Gasteiger partial charge >= 0.3 is 0 Å². The Bertz CT molecular complexity index is 745. The standard InChI is InChI=1S/C13H17FN4O2S/c1-8(2)18-7-10(6-16-18)17-21(19,20)11-4-9(3)13(14)12(15)5-11/h4-8,17H,15H2,1-3H3. The van der Waals surface area contributed by atoms with Gasteiger partial charge in [0, 0.05) is 12.2 Å². The van der Waals surface area contributed by atoms with Gasteiger partial charge in [-0.25, -0.2) is 12.8 Å². The number of hydrogen-bond acceptors (Lipinski definition) is 4. The second kappa shape index (κ2) is 5.36. The normalized spacial score (nSPS) is 11.9. The highest BCUT2D eigenvalue weighted by molar-refractivity contribution is 7.92. The Morgan fingerprint density at radius 1 is 1.38 bits per heavy atom. The Labute approximate surface area is 122 Å². The van der Waals surface area contributed by atoms with Gasteiger partial charge in [0.05, 0.1) is 22.5 Å². The first-order chi connectivity index (χ1) is 9.70. The molecule has 0 spiro atoms. The smallest absolute Gasteiger partial charge is 0.262 e. The molecule has 0 amide bonds. The second-order valence-electron chi connectivity index (χ2n) is 5.05. The summed E-state index contributed by atoms with van der Waals surface area (Å²) in [5.41, 5.74) is 5.78. The number of nitrogens with zero attached hydrogens (tertiary/aromatic N) is 2. The molecule has 2 aromatic rings. The van der Waals surface area contributed by atoms with Gasteiger partial charge in [0.2, 0.25) is 0 Å². The van der Waals surface area contributed by atoms with Gasteiger partial charge in [-0.05, 0) is 38.5 Å². The summed E-state index contributed by atoms with van der Waals surface area (Å²) in [6.45, 7) is 5.31. The van der Waals surface area contributed by atoms with Crippen LogP contribution in [-0.4, -0.2) is 18.2 Å². The maximum absolute atomic E-state index is 13.5. The molecular weight excluding hydrogens is 295 g/mol. The highest BCUT2D eigenvalue weighted by atomic mass is 32.2. The van der Waals surface area contributed by atoms with Crippen LogP contribution in [0.2, 0.25) is 0 Å². The maximum Gasteiger partial charge on any atom is 0.262 e. The van der Waals surface area contributed by atoms with E-state index in [9.17, 15) is 12.8 Å². The number of anilines is 2. The van der Waals surface area contributed by atoms with Crippen LogP contribution in [-0.2, 0) is 10.0 Å². The van der Waals surface area contributed by atoms with Crippen molar-refractivity contribution in [1.82, 2.24) is 9.78 Å². The fourth-order valence-electron chi connectivity index (χ4n) is 1.81. The molecule has 1 heterocycles. The number of aryl methyl sites for hydroxylation is 1. The number of rotatable bonds is 4. The Kier molecular flexibility index (Phi) is 3.91. The molecule has 0 bridgehead atoms. The molecule has 0 saturated heterocycles. The molecule has 0 unspecified atom stereocenters. The van der Waals surface area contributed by atoms with Crippen molar-refractivity contribution in [1.29, 1.82) is 0 Å². The number of aromatic nitrogens is 2. The topological polar surface area (TPSA) is 90.0 Å². The Morgan fingerprint density at radius 3 is 2.57 bits per heavy atom. The third-order valence-electron chi connectivity index (χ3n) is 2.95. The lowest BCUT2D eigenvalue weighted by Crippen LogP contribution is -2.13. The summed E-state index contributed by atoms with van der Waals surface area (Å²) in [6.07, 6.45) is 3.00. The second-order valence-corrected chi connectivity index (χ2v) is 6.73. The number of nitrogens with one attached hydrogen (secondary N) is 1. The maximum atomic E-state index is 13.5. The van der Waals surface area contributed by atoms with Crippen LogP contribution in [0.25, 0.3) is 0 Å². The molecule has 6 nitrogen and oxygen atoms in total. The van der Waals surface area contributed by atoms with E-state index in [-0.39, 0.29) is 22.2 Å². The van der Waals surface area contributed by atoms with Crippen molar-refractivity contribution in [2.45, 2.75) is 31.7 Å². The lowest BCUT2D eigenvalue weighted by molar-refractivity contribution is 0.532. The SMILES string of the molecule is Cc1cc(S(=O)(=O)Nc2cnn(C(C)C)c2)cc(N)c1F. The van der Waals surface area contributed by atoms with E-state index in [2.05, 4.69) is 9.82 Å². The fraction of sp³-hybridized carbons (Fsp3) is 0.308. The molecule has 3 N–H and O–H groups in total. The van der Waals surface area contributed by atoms with Gasteiger partial charge in [-0.2, -0.15) is 5.10 Å². The molecule has 8 heteroatoms. The molecule has 0 saturated carbocycles. The highest BCUT2D eigenvalue weighted by Crippen LogP contribution is 2.23. The summed E-state index contributed by atoms with van der Waals surface area (Å²) in [6, 6.07) is 2.45. The average molecular weight is 312 g/mol. The molecule has 0 fully saturated rings. The molecule has 21 heavy (non-hydrogen) atoms. The number of hydrogen-bond donors (Lipinski definition) is 2. The summed E-state index contributed by atoms with van der Waals surface area (Å²) in [5, 5.41) is 4.05. The molecule has 0 radical (unpaired) electrons. The van der Waals surface area contributed by atoms with Crippen LogP contribution in [0.4, 0.5) is 15.8 Å². The monoisotopic (exact) mass is 312 g/mol. The van der Waals surface area contributed by atoms with Crippen LogP contribution in [0.3, 0.4) is 0 Å². The van der Waals surface area contributed by atoms with E-state index in [1.165, 1.54) is 19.2 Å². The van der Waals surface area contributed by atoms with Gasteiger partial charge in [0.25, 0.3) is 10.0 Å². The Balaban J connectivity index is 2.33. The van der Waals surface area contributed by atoms with Crippen molar-refractivity contribution >= 4 is 21.4 Å². The number of benzene rings is 1. The zero-order valence-electron chi connectivity index (χ0n) is 12.0. The van der Waals surface area contributed by atoms with E-state index in [0.29, 0.717) is 5.69 Å². The number of halogens is 1. The molecule has 0 aliphatic heterocycles. The Morgan fingerprint density at radius 2 is 2.05 bits per heavy atom. The van der Waals surface area contributed by atoms with E-state index < -0.39 is 15.8 Å². The van der Waals surface area contributed by atoms with Crippen molar-refractivity contribution < 1.29 is 12.8 Å². The minimum absolute atomic E-state index is 0.0869. The molecule has 114 valence electrons. The molecule has 0 aliphatic rings. The van der Waals surface area contributed by atoms with Crippen LogP contribution in [0.1, 0.15) is 25.5 Å². The van der Waals surface area contributed by atoms with E-state index in [4.69, 9.17) is 5.73 Å². The number of nitrogens with two attached hydrogens (primary N) is 1. The van der Waals surface area contributed by atoms with E-state index >= 15 is 0 Å². The van der Waals surface area contributed by atoms with Crippen molar-refractivity contribution in [3.05, 3.63) is 35.9 Å². The van der Waals surface area contributed by atoms with Crippen LogP contribution in [0.5, 0.6) is 0 Å². The largest absolute Gasteiger partial charge is 0.396 e. The average Bonchev–Trinajstić information content (AvgIpc) is 2.83. The predicted octanol–water partition coefficient (Wildman–Crippen LogP) is 2.29. The molecular formula is C13H17FN4O2S. The number of sulfonamides is 1. The molecule has 0 aliphatic carbocycles. The zero-order chi connectivity index (χ0) is 15.8. The minimum Gasteiger partial charge on any atom is -0.396 e. The molecule has 0 atom stereocenters. The van der Waals surface area contributed by atoms with Crippen LogP contribution in [0, 0.1) is 12.7 Å². The molecule has 1 aromatic carbocycles. The lowest BCUT2D eigenvalue weighted by atomic mass is 10.2. The van der Waals surface area contributed by atoms with Gasteiger partial charge in [0.15, 0.2) is 0 Å². The van der Waals surface area contributed by atoms with Crippen molar-refractivity contribution in [3.8, 4) is 0 Å². The lowest BCUT2D eigenvalue weighted by Gasteiger charge is -2.09. The van der Waals surface area contributed by atoms with Crippen molar-refractivity contribution in [3.63, 3.8) is 0 Å². The molecule has 1 aromatic heterocycles. The van der Waals surface area contributed by atoms with Gasteiger partial charge in [-0.3, -0.25) is 9.40 Å². The predicted molar refractivity (Wildman–Crippen MR) is 79.0 cm³/mol. The third-order valence-corrected chi connectivity index (χ3v) is 4.31.